The van der Waals surface area contributed by atoms with Gasteiger partial charge in [0.1, 0.15) is 0 Å². The Hall–Kier alpha value is -2.07. The molecule has 0 spiro atoms. The van der Waals surface area contributed by atoms with Crippen LogP contribution >= 0.6 is 12.2 Å². The molecule has 0 aromatic heterocycles. The van der Waals surface area contributed by atoms with Gasteiger partial charge >= 0.3 is 0 Å². The quantitative estimate of drug-likeness (QED) is 0.646. The van der Waals surface area contributed by atoms with Crippen molar-refractivity contribution in [3.05, 3.63) is 60.2 Å². The van der Waals surface area contributed by atoms with E-state index in [1.54, 1.807) is 0 Å². The van der Waals surface area contributed by atoms with Crippen molar-refractivity contribution in [3.8, 4) is 0 Å². The highest BCUT2D eigenvalue weighted by atomic mass is 32.1. The van der Waals surface area contributed by atoms with Crippen molar-refractivity contribution in [2.24, 2.45) is 0 Å². The van der Waals surface area contributed by atoms with Crippen LogP contribution in [0.25, 0.3) is 0 Å². The molecule has 1 aliphatic heterocycles. The predicted octanol–water partition coefficient (Wildman–Crippen LogP) is 3.82. The number of hydrogen-bond acceptors (Lipinski definition) is 2. The first kappa shape index (κ1) is 15.8. The lowest BCUT2D eigenvalue weighted by Crippen LogP contribution is -2.34. The summed E-state index contributed by atoms with van der Waals surface area (Å²) in [5, 5.41) is 7.18. The molecule has 0 unspecified atom stereocenters. The van der Waals surface area contributed by atoms with Crippen molar-refractivity contribution in [1.82, 2.24) is 5.32 Å². The van der Waals surface area contributed by atoms with Crippen molar-refractivity contribution in [2.75, 3.05) is 29.9 Å². The number of benzene rings is 2. The number of nitrogens with one attached hydrogen (secondary N) is 2. The van der Waals surface area contributed by atoms with E-state index < -0.39 is 0 Å². The molecule has 0 saturated heterocycles. The number of aryl methyl sites for hydroxylation is 1. The molecule has 3 nitrogen and oxygen atoms in total. The summed E-state index contributed by atoms with van der Waals surface area (Å²) in [6.45, 7) is 3.11. The first-order valence-electron chi connectivity index (χ1n) is 8.26. The van der Waals surface area contributed by atoms with E-state index in [2.05, 4.69) is 39.8 Å². The van der Waals surface area contributed by atoms with Crippen LogP contribution in [0.1, 0.15) is 18.4 Å². The monoisotopic (exact) mass is 325 g/mol. The van der Waals surface area contributed by atoms with E-state index in [0.29, 0.717) is 5.11 Å². The second-order valence-electron chi connectivity index (χ2n) is 5.82. The molecule has 2 N–H and O–H groups in total. The number of anilines is 2. The maximum absolute atomic E-state index is 5.33. The van der Waals surface area contributed by atoms with Crippen LogP contribution in [0.3, 0.4) is 0 Å². The van der Waals surface area contributed by atoms with Gasteiger partial charge in [0.15, 0.2) is 5.11 Å². The topological polar surface area (TPSA) is 27.3 Å². The van der Waals surface area contributed by atoms with Gasteiger partial charge in [-0.05, 0) is 55.2 Å². The van der Waals surface area contributed by atoms with E-state index in [0.717, 1.165) is 31.7 Å². The van der Waals surface area contributed by atoms with Gasteiger partial charge in [0.05, 0.1) is 0 Å². The second-order valence-corrected chi connectivity index (χ2v) is 6.23. The first-order chi connectivity index (χ1) is 11.3. The summed E-state index contributed by atoms with van der Waals surface area (Å²) in [6.07, 6.45) is 3.53. The Morgan fingerprint density at radius 1 is 1.04 bits per heavy atom. The molecule has 0 amide bonds. The highest BCUT2D eigenvalue weighted by molar-refractivity contribution is 7.80. The number of fused-ring (bicyclic) bond motifs is 1. The zero-order valence-electron chi connectivity index (χ0n) is 13.3. The molecule has 120 valence electrons. The fraction of sp³-hybridized carbons (Fsp3) is 0.316. The van der Waals surface area contributed by atoms with Gasteiger partial charge in [-0.25, -0.2) is 0 Å². The Labute approximate surface area is 143 Å². The summed E-state index contributed by atoms with van der Waals surface area (Å²) in [6, 6.07) is 18.8. The van der Waals surface area contributed by atoms with Gasteiger partial charge in [-0.3, -0.25) is 0 Å². The van der Waals surface area contributed by atoms with Crippen LogP contribution in [0.5, 0.6) is 0 Å². The molecule has 0 aliphatic carbocycles. The van der Waals surface area contributed by atoms with Gasteiger partial charge in [-0.1, -0.05) is 36.4 Å². The molecular weight excluding hydrogens is 302 g/mol. The Kier molecular flexibility index (Phi) is 5.48. The third-order valence-electron chi connectivity index (χ3n) is 4.13. The number of nitrogens with zero attached hydrogens (tertiary/aromatic N) is 1. The van der Waals surface area contributed by atoms with E-state index in [9.17, 15) is 0 Å². The van der Waals surface area contributed by atoms with Gasteiger partial charge in [0.2, 0.25) is 0 Å². The van der Waals surface area contributed by atoms with E-state index >= 15 is 0 Å². The van der Waals surface area contributed by atoms with Crippen LogP contribution in [-0.2, 0) is 6.42 Å². The van der Waals surface area contributed by atoms with Crippen LogP contribution in [0, 0.1) is 0 Å². The summed E-state index contributed by atoms with van der Waals surface area (Å²) >= 11 is 5.33. The zero-order valence-corrected chi connectivity index (χ0v) is 14.1. The smallest absolute Gasteiger partial charge is 0.170 e. The van der Waals surface area contributed by atoms with Crippen LogP contribution in [-0.4, -0.2) is 24.7 Å². The van der Waals surface area contributed by atoms with Crippen LogP contribution < -0.4 is 15.5 Å². The van der Waals surface area contributed by atoms with Crippen molar-refractivity contribution in [3.63, 3.8) is 0 Å². The molecule has 0 radical (unpaired) electrons. The fourth-order valence-corrected chi connectivity index (χ4v) is 3.23. The normalized spacial score (nSPS) is 13.3. The molecule has 2 aromatic carbocycles. The van der Waals surface area contributed by atoms with Crippen LogP contribution in [0.15, 0.2) is 54.6 Å². The van der Waals surface area contributed by atoms with Gasteiger partial charge in [0, 0.05) is 31.0 Å². The number of rotatable bonds is 5. The second kappa shape index (κ2) is 7.97. The maximum Gasteiger partial charge on any atom is 0.170 e. The third-order valence-corrected chi connectivity index (χ3v) is 4.37. The summed E-state index contributed by atoms with van der Waals surface area (Å²) in [4.78, 5) is 2.49. The summed E-state index contributed by atoms with van der Waals surface area (Å²) in [7, 11) is 0. The lowest BCUT2D eigenvalue weighted by Gasteiger charge is -2.31. The standard InChI is InChI=1S/C19H23N3S/c23-19(21-17-10-2-1-3-11-17)20-13-7-15-22-14-6-9-16-8-4-5-12-18(16)22/h1-5,8,10-12H,6-7,9,13-15H2,(H2,20,21,23). The Morgan fingerprint density at radius 3 is 2.70 bits per heavy atom. The Bertz CT molecular complexity index is 642. The molecule has 0 saturated carbocycles. The minimum Gasteiger partial charge on any atom is -0.371 e. The predicted molar refractivity (Wildman–Crippen MR) is 102 cm³/mol. The van der Waals surface area contributed by atoms with Gasteiger partial charge < -0.3 is 15.5 Å². The summed E-state index contributed by atoms with van der Waals surface area (Å²) < 4.78 is 0. The van der Waals surface area contributed by atoms with Gasteiger partial charge in [-0.2, -0.15) is 0 Å². The SMILES string of the molecule is S=C(NCCCN1CCCc2ccccc21)Nc1ccccc1. The molecule has 23 heavy (non-hydrogen) atoms. The molecular formula is C19H23N3S. The Balaban J connectivity index is 1.41. The van der Waals surface area contributed by atoms with Gasteiger partial charge in [0.25, 0.3) is 0 Å². The molecule has 1 heterocycles. The third kappa shape index (κ3) is 4.45. The fourth-order valence-electron chi connectivity index (χ4n) is 3.01. The van der Waals surface area contributed by atoms with Crippen molar-refractivity contribution in [1.29, 1.82) is 0 Å². The maximum atomic E-state index is 5.33. The van der Waals surface area contributed by atoms with E-state index in [1.165, 1.54) is 24.1 Å². The molecule has 3 rings (SSSR count). The van der Waals surface area contributed by atoms with Crippen molar-refractivity contribution in [2.45, 2.75) is 19.3 Å². The number of thiocarbonyl (C=S) groups is 1. The molecule has 4 heteroatoms. The molecule has 0 bridgehead atoms. The highest BCUT2D eigenvalue weighted by Crippen LogP contribution is 2.26. The molecule has 2 aromatic rings. The van der Waals surface area contributed by atoms with E-state index in [4.69, 9.17) is 12.2 Å². The van der Waals surface area contributed by atoms with Crippen LogP contribution in [0.2, 0.25) is 0 Å². The van der Waals surface area contributed by atoms with Gasteiger partial charge in [-0.15, -0.1) is 0 Å². The minimum atomic E-state index is 0.690. The van der Waals surface area contributed by atoms with Crippen molar-refractivity contribution >= 4 is 28.7 Å². The van der Waals surface area contributed by atoms with Crippen LogP contribution in [0.4, 0.5) is 11.4 Å². The lowest BCUT2D eigenvalue weighted by molar-refractivity contribution is 0.658. The molecule has 0 fully saturated rings. The summed E-state index contributed by atoms with van der Waals surface area (Å²) in [5.74, 6) is 0. The average molecular weight is 325 g/mol. The average Bonchev–Trinajstić information content (AvgIpc) is 2.60. The Morgan fingerprint density at radius 2 is 1.83 bits per heavy atom. The zero-order chi connectivity index (χ0) is 15.9. The molecule has 1 aliphatic rings. The number of para-hydroxylation sites is 2. The highest BCUT2D eigenvalue weighted by Gasteiger charge is 2.15. The molecule has 0 atom stereocenters. The first-order valence-corrected chi connectivity index (χ1v) is 8.66. The largest absolute Gasteiger partial charge is 0.371 e. The van der Waals surface area contributed by atoms with E-state index in [1.807, 2.05) is 30.3 Å². The summed E-state index contributed by atoms with van der Waals surface area (Å²) in [5.41, 5.74) is 3.91. The van der Waals surface area contributed by atoms with E-state index in [-0.39, 0.29) is 0 Å². The minimum absolute atomic E-state index is 0.690. The lowest BCUT2D eigenvalue weighted by atomic mass is 10.0. The van der Waals surface area contributed by atoms with Crippen molar-refractivity contribution < 1.29 is 0 Å². The number of hydrogen-bond donors (Lipinski definition) is 2.